The van der Waals surface area contributed by atoms with Crippen LogP contribution < -0.4 is 10.6 Å². The highest BCUT2D eigenvalue weighted by atomic mass is 16.3. The number of amides is 2. The molecule has 2 aromatic rings. The Bertz CT molecular complexity index is 592. The third kappa shape index (κ3) is 3.31. The molecule has 100 valence electrons. The second kappa shape index (κ2) is 5.99. The van der Waals surface area contributed by atoms with Gasteiger partial charge in [0.1, 0.15) is 5.52 Å². The van der Waals surface area contributed by atoms with Crippen LogP contribution in [-0.4, -0.2) is 30.4 Å². The van der Waals surface area contributed by atoms with Crippen molar-refractivity contribution in [3.63, 3.8) is 0 Å². The van der Waals surface area contributed by atoms with Gasteiger partial charge in [0.25, 0.3) is 5.91 Å². The zero-order valence-corrected chi connectivity index (χ0v) is 10.6. The Morgan fingerprint density at radius 2 is 2.21 bits per heavy atom. The van der Waals surface area contributed by atoms with Crippen LogP contribution in [-0.2, 0) is 4.79 Å². The van der Waals surface area contributed by atoms with Crippen LogP contribution in [0.2, 0.25) is 0 Å². The standard InChI is InChI=1S/C13H15N3O3/c1-14-12(17)3-2-6-15-13(18)9-4-5-11-10(7-9)16-8-19-11/h4-5,7-8H,2-3,6H2,1H3,(H,14,17)(H,15,18). The van der Waals surface area contributed by atoms with Crippen LogP contribution in [0.4, 0.5) is 0 Å². The lowest BCUT2D eigenvalue weighted by molar-refractivity contribution is -0.120. The summed E-state index contributed by atoms with van der Waals surface area (Å²) in [5.74, 6) is -0.208. The van der Waals surface area contributed by atoms with Crippen LogP contribution in [0.25, 0.3) is 11.1 Å². The van der Waals surface area contributed by atoms with Gasteiger partial charge in [-0.1, -0.05) is 0 Å². The summed E-state index contributed by atoms with van der Waals surface area (Å²) in [5.41, 5.74) is 1.83. The van der Waals surface area contributed by atoms with Crippen molar-refractivity contribution in [1.29, 1.82) is 0 Å². The Kier molecular flexibility index (Phi) is 4.12. The third-order valence-corrected chi connectivity index (χ3v) is 2.74. The normalized spacial score (nSPS) is 10.4. The van der Waals surface area contributed by atoms with E-state index in [0.29, 0.717) is 36.0 Å². The van der Waals surface area contributed by atoms with Gasteiger partial charge in [0.05, 0.1) is 0 Å². The van der Waals surface area contributed by atoms with Gasteiger partial charge < -0.3 is 15.1 Å². The minimum Gasteiger partial charge on any atom is -0.443 e. The number of hydrogen-bond acceptors (Lipinski definition) is 4. The number of fused-ring (bicyclic) bond motifs is 1. The molecule has 6 nitrogen and oxygen atoms in total. The van der Waals surface area contributed by atoms with E-state index < -0.39 is 0 Å². The molecule has 2 amide bonds. The molecular weight excluding hydrogens is 246 g/mol. The largest absolute Gasteiger partial charge is 0.443 e. The van der Waals surface area contributed by atoms with Gasteiger partial charge in [0.15, 0.2) is 12.0 Å². The monoisotopic (exact) mass is 261 g/mol. The minimum atomic E-state index is -0.179. The number of carbonyl (C=O) groups excluding carboxylic acids is 2. The number of carbonyl (C=O) groups is 2. The Morgan fingerprint density at radius 3 is 3.00 bits per heavy atom. The number of aromatic nitrogens is 1. The molecule has 0 saturated heterocycles. The van der Waals surface area contributed by atoms with Gasteiger partial charge in [-0.2, -0.15) is 0 Å². The second-order valence-corrected chi connectivity index (χ2v) is 4.07. The van der Waals surface area contributed by atoms with Gasteiger partial charge in [0.2, 0.25) is 5.91 Å². The molecule has 0 unspecified atom stereocenters. The summed E-state index contributed by atoms with van der Waals surface area (Å²) in [7, 11) is 1.59. The highest BCUT2D eigenvalue weighted by Gasteiger charge is 2.07. The van der Waals surface area contributed by atoms with Crippen molar-refractivity contribution < 1.29 is 14.0 Å². The Hall–Kier alpha value is -2.37. The molecule has 0 aliphatic carbocycles. The maximum Gasteiger partial charge on any atom is 0.251 e. The van der Waals surface area contributed by atoms with E-state index in [-0.39, 0.29) is 11.8 Å². The molecule has 2 rings (SSSR count). The third-order valence-electron chi connectivity index (χ3n) is 2.74. The smallest absolute Gasteiger partial charge is 0.251 e. The maximum atomic E-state index is 11.9. The van der Waals surface area contributed by atoms with Crippen LogP contribution in [0.15, 0.2) is 29.0 Å². The average molecular weight is 261 g/mol. The SMILES string of the molecule is CNC(=O)CCCNC(=O)c1ccc2ocnc2c1. The lowest BCUT2D eigenvalue weighted by Gasteiger charge is -2.04. The molecule has 1 heterocycles. The summed E-state index contributed by atoms with van der Waals surface area (Å²) in [6.45, 7) is 0.461. The highest BCUT2D eigenvalue weighted by Crippen LogP contribution is 2.13. The fourth-order valence-corrected chi connectivity index (χ4v) is 1.68. The minimum absolute atomic E-state index is 0.0294. The molecule has 6 heteroatoms. The summed E-state index contributed by atoms with van der Waals surface area (Å²) in [4.78, 5) is 26.8. The van der Waals surface area contributed by atoms with Crippen LogP contribution in [0.1, 0.15) is 23.2 Å². The van der Waals surface area contributed by atoms with E-state index >= 15 is 0 Å². The molecule has 0 atom stereocenters. The van der Waals surface area contributed by atoms with Crippen molar-refractivity contribution >= 4 is 22.9 Å². The fourth-order valence-electron chi connectivity index (χ4n) is 1.68. The summed E-state index contributed by atoms with van der Waals surface area (Å²) < 4.78 is 5.10. The number of benzene rings is 1. The molecular formula is C13H15N3O3. The molecule has 1 aromatic carbocycles. The highest BCUT2D eigenvalue weighted by molar-refractivity contribution is 5.97. The molecule has 0 saturated carbocycles. The molecule has 0 fully saturated rings. The van der Waals surface area contributed by atoms with Crippen molar-refractivity contribution in [3.05, 3.63) is 30.2 Å². The van der Waals surface area contributed by atoms with E-state index in [4.69, 9.17) is 4.42 Å². The topological polar surface area (TPSA) is 84.2 Å². The quantitative estimate of drug-likeness (QED) is 0.789. The number of rotatable bonds is 5. The first kappa shape index (κ1) is 13.1. The summed E-state index contributed by atoms with van der Waals surface area (Å²) >= 11 is 0. The Labute approximate surface area is 110 Å². The van der Waals surface area contributed by atoms with Crippen LogP contribution >= 0.6 is 0 Å². The molecule has 0 aliphatic rings. The number of nitrogens with zero attached hydrogens (tertiary/aromatic N) is 1. The van der Waals surface area contributed by atoms with Gasteiger partial charge in [0, 0.05) is 25.6 Å². The van der Waals surface area contributed by atoms with Crippen LogP contribution in [0, 0.1) is 0 Å². The first-order valence-electron chi connectivity index (χ1n) is 6.03. The molecule has 0 aliphatic heterocycles. The first-order chi connectivity index (χ1) is 9.20. The lowest BCUT2D eigenvalue weighted by atomic mass is 10.2. The van der Waals surface area contributed by atoms with E-state index in [0.717, 1.165) is 0 Å². The van der Waals surface area contributed by atoms with Gasteiger partial charge in [-0.25, -0.2) is 4.98 Å². The first-order valence-corrected chi connectivity index (χ1v) is 6.03. The molecule has 0 bridgehead atoms. The molecule has 1 aromatic heterocycles. The number of oxazole rings is 1. The molecule has 0 spiro atoms. The van der Waals surface area contributed by atoms with Crippen molar-refractivity contribution in [2.45, 2.75) is 12.8 Å². The van der Waals surface area contributed by atoms with Crippen LogP contribution in [0.5, 0.6) is 0 Å². The van der Waals surface area contributed by atoms with Gasteiger partial charge in [-0.15, -0.1) is 0 Å². The molecule has 2 N–H and O–H groups in total. The molecule has 0 radical (unpaired) electrons. The average Bonchev–Trinajstić information content (AvgIpc) is 2.90. The number of hydrogen-bond donors (Lipinski definition) is 2. The van der Waals surface area contributed by atoms with Crippen molar-refractivity contribution in [2.24, 2.45) is 0 Å². The van der Waals surface area contributed by atoms with Crippen molar-refractivity contribution in [2.75, 3.05) is 13.6 Å². The summed E-state index contributed by atoms with van der Waals surface area (Å²) in [5, 5.41) is 5.29. The zero-order chi connectivity index (χ0) is 13.7. The lowest BCUT2D eigenvalue weighted by Crippen LogP contribution is -2.26. The Morgan fingerprint density at radius 1 is 1.37 bits per heavy atom. The van der Waals surface area contributed by atoms with Crippen molar-refractivity contribution in [1.82, 2.24) is 15.6 Å². The van der Waals surface area contributed by atoms with Gasteiger partial charge in [-0.3, -0.25) is 9.59 Å². The van der Waals surface area contributed by atoms with E-state index in [9.17, 15) is 9.59 Å². The van der Waals surface area contributed by atoms with Gasteiger partial charge >= 0.3 is 0 Å². The fraction of sp³-hybridized carbons (Fsp3) is 0.308. The number of nitrogens with one attached hydrogen (secondary N) is 2. The summed E-state index contributed by atoms with van der Waals surface area (Å²) in [6, 6.07) is 5.07. The maximum absolute atomic E-state index is 11.9. The van der Waals surface area contributed by atoms with E-state index in [1.165, 1.54) is 6.39 Å². The predicted octanol–water partition coefficient (Wildman–Crippen LogP) is 1.08. The van der Waals surface area contributed by atoms with E-state index in [1.807, 2.05) is 0 Å². The van der Waals surface area contributed by atoms with E-state index in [2.05, 4.69) is 15.6 Å². The zero-order valence-electron chi connectivity index (χ0n) is 10.6. The van der Waals surface area contributed by atoms with E-state index in [1.54, 1.807) is 25.2 Å². The van der Waals surface area contributed by atoms with Crippen LogP contribution in [0.3, 0.4) is 0 Å². The predicted molar refractivity (Wildman–Crippen MR) is 69.6 cm³/mol. The Balaban J connectivity index is 1.87. The second-order valence-electron chi connectivity index (χ2n) is 4.07. The summed E-state index contributed by atoms with van der Waals surface area (Å²) in [6.07, 6.45) is 2.35. The van der Waals surface area contributed by atoms with Gasteiger partial charge in [-0.05, 0) is 24.6 Å². The van der Waals surface area contributed by atoms with Crippen molar-refractivity contribution in [3.8, 4) is 0 Å². The molecule has 19 heavy (non-hydrogen) atoms.